The second kappa shape index (κ2) is 9.04. The lowest BCUT2D eigenvalue weighted by Crippen LogP contribution is -2.17. The van der Waals surface area contributed by atoms with E-state index in [-0.39, 0.29) is 23.1 Å². The van der Waals surface area contributed by atoms with E-state index in [9.17, 15) is 13.2 Å². The molecule has 0 aliphatic carbocycles. The molecule has 0 saturated heterocycles. The van der Waals surface area contributed by atoms with Gasteiger partial charge < -0.3 is 14.5 Å². The molecule has 3 rings (SSSR count). The minimum atomic E-state index is -3.98. The number of hydrogen-bond acceptors (Lipinski definition) is 6. The van der Waals surface area contributed by atoms with Gasteiger partial charge in [-0.05, 0) is 63.2 Å². The Morgan fingerprint density at radius 3 is 2.47 bits per heavy atom. The van der Waals surface area contributed by atoms with Crippen molar-refractivity contribution in [1.29, 1.82) is 0 Å². The Hall–Kier alpha value is -3.26. The van der Waals surface area contributed by atoms with E-state index in [2.05, 4.69) is 10.0 Å². The molecule has 0 aliphatic rings. The smallest absolute Gasteiger partial charge is 0.338 e. The van der Waals surface area contributed by atoms with Crippen LogP contribution in [0, 0.1) is 6.92 Å². The molecular formula is C22H24N2O5S. The lowest BCUT2D eigenvalue weighted by atomic mass is 10.2. The fourth-order valence-corrected chi connectivity index (χ4v) is 4.00. The SMILES string of the molecule is Cc1ccc(NS(=O)(=O)c2cc(C(=O)OC(C)C)ccc2NCc2ccco2)cc1. The van der Waals surface area contributed by atoms with Crippen LogP contribution in [0.4, 0.5) is 11.4 Å². The number of aryl methyl sites for hydroxylation is 1. The molecule has 2 N–H and O–H groups in total. The summed E-state index contributed by atoms with van der Waals surface area (Å²) in [4.78, 5) is 12.3. The number of carbonyl (C=O) groups excluding carboxylic acids is 1. The summed E-state index contributed by atoms with van der Waals surface area (Å²) in [5.41, 5.74) is 1.92. The molecule has 0 radical (unpaired) electrons. The number of sulfonamides is 1. The summed E-state index contributed by atoms with van der Waals surface area (Å²) in [6, 6.07) is 14.9. The third-order valence-electron chi connectivity index (χ3n) is 4.19. The predicted octanol–water partition coefficient (Wildman–Crippen LogP) is 4.57. The van der Waals surface area contributed by atoms with E-state index in [0.717, 1.165) is 5.56 Å². The van der Waals surface area contributed by atoms with Gasteiger partial charge in [-0.2, -0.15) is 0 Å². The molecule has 8 heteroatoms. The number of nitrogens with one attached hydrogen (secondary N) is 2. The lowest BCUT2D eigenvalue weighted by Gasteiger charge is -2.15. The molecule has 0 saturated carbocycles. The number of furan rings is 1. The first-order chi connectivity index (χ1) is 14.2. The van der Waals surface area contributed by atoms with E-state index in [1.807, 2.05) is 19.1 Å². The number of esters is 1. The minimum absolute atomic E-state index is 0.0622. The third-order valence-corrected chi connectivity index (χ3v) is 5.61. The van der Waals surface area contributed by atoms with Gasteiger partial charge in [-0.25, -0.2) is 13.2 Å². The molecule has 158 valence electrons. The van der Waals surface area contributed by atoms with E-state index in [1.165, 1.54) is 12.1 Å². The van der Waals surface area contributed by atoms with Crippen molar-refractivity contribution in [1.82, 2.24) is 0 Å². The Labute approximate surface area is 176 Å². The normalized spacial score (nSPS) is 11.3. The van der Waals surface area contributed by atoms with Crippen molar-refractivity contribution in [2.24, 2.45) is 0 Å². The van der Waals surface area contributed by atoms with Crippen LogP contribution in [0.2, 0.25) is 0 Å². The summed E-state index contributed by atoms with van der Waals surface area (Å²) in [6.07, 6.45) is 1.22. The molecule has 1 heterocycles. The summed E-state index contributed by atoms with van der Waals surface area (Å²) in [5, 5.41) is 3.06. The molecule has 0 amide bonds. The molecule has 0 aliphatic heterocycles. The van der Waals surface area contributed by atoms with Gasteiger partial charge in [0.15, 0.2) is 0 Å². The van der Waals surface area contributed by atoms with Crippen LogP contribution < -0.4 is 10.0 Å². The van der Waals surface area contributed by atoms with Crippen molar-refractivity contribution >= 4 is 27.4 Å². The zero-order valence-corrected chi connectivity index (χ0v) is 17.8. The van der Waals surface area contributed by atoms with Gasteiger partial charge in [0.25, 0.3) is 10.0 Å². The van der Waals surface area contributed by atoms with Crippen LogP contribution in [0.3, 0.4) is 0 Å². The van der Waals surface area contributed by atoms with E-state index in [4.69, 9.17) is 9.15 Å². The van der Waals surface area contributed by atoms with Gasteiger partial charge in [-0.3, -0.25) is 4.72 Å². The second-order valence-corrected chi connectivity index (χ2v) is 8.72. The Kier molecular flexibility index (Phi) is 6.47. The van der Waals surface area contributed by atoms with E-state index >= 15 is 0 Å². The summed E-state index contributed by atoms with van der Waals surface area (Å²) in [6.45, 7) is 5.66. The van der Waals surface area contributed by atoms with Crippen LogP contribution >= 0.6 is 0 Å². The summed E-state index contributed by atoms with van der Waals surface area (Å²) in [5.74, 6) is 0.0579. The Bertz CT molecular complexity index is 1100. The topological polar surface area (TPSA) is 97.6 Å². The molecular weight excluding hydrogens is 404 g/mol. The van der Waals surface area contributed by atoms with Crippen molar-refractivity contribution in [3.05, 3.63) is 77.7 Å². The van der Waals surface area contributed by atoms with Crippen LogP contribution in [-0.4, -0.2) is 20.5 Å². The van der Waals surface area contributed by atoms with Crippen LogP contribution in [0.5, 0.6) is 0 Å². The number of benzene rings is 2. The first kappa shape index (κ1) is 21.4. The highest BCUT2D eigenvalue weighted by atomic mass is 32.2. The van der Waals surface area contributed by atoms with E-state index in [1.54, 1.807) is 50.4 Å². The molecule has 0 atom stereocenters. The number of anilines is 2. The molecule has 2 aromatic carbocycles. The molecule has 0 spiro atoms. The average molecular weight is 429 g/mol. The monoisotopic (exact) mass is 428 g/mol. The number of hydrogen-bond donors (Lipinski definition) is 2. The third kappa shape index (κ3) is 5.42. The van der Waals surface area contributed by atoms with Gasteiger partial charge in [0.05, 0.1) is 30.2 Å². The maximum atomic E-state index is 13.1. The maximum absolute atomic E-state index is 13.1. The largest absolute Gasteiger partial charge is 0.467 e. The fourth-order valence-electron chi connectivity index (χ4n) is 2.73. The first-order valence-electron chi connectivity index (χ1n) is 9.45. The molecule has 3 aromatic rings. The quantitative estimate of drug-likeness (QED) is 0.510. The van der Waals surface area contributed by atoms with Crippen LogP contribution in [0.25, 0.3) is 0 Å². The molecule has 0 bridgehead atoms. The fraction of sp³-hybridized carbons (Fsp3) is 0.227. The van der Waals surface area contributed by atoms with Gasteiger partial charge in [-0.15, -0.1) is 0 Å². The second-order valence-electron chi connectivity index (χ2n) is 7.07. The van der Waals surface area contributed by atoms with Crippen molar-refractivity contribution in [2.45, 2.75) is 38.3 Å². The maximum Gasteiger partial charge on any atom is 0.338 e. The number of carbonyl (C=O) groups is 1. The summed E-state index contributed by atoms with van der Waals surface area (Å²) >= 11 is 0. The van der Waals surface area contributed by atoms with E-state index in [0.29, 0.717) is 17.1 Å². The first-order valence-corrected chi connectivity index (χ1v) is 10.9. The highest BCUT2D eigenvalue weighted by Gasteiger charge is 2.22. The molecule has 0 unspecified atom stereocenters. The highest BCUT2D eigenvalue weighted by Crippen LogP contribution is 2.27. The average Bonchev–Trinajstić information content (AvgIpc) is 3.21. The highest BCUT2D eigenvalue weighted by molar-refractivity contribution is 7.92. The van der Waals surface area contributed by atoms with Gasteiger partial charge >= 0.3 is 5.97 Å². The van der Waals surface area contributed by atoms with Gasteiger partial charge in [-0.1, -0.05) is 17.7 Å². The summed E-state index contributed by atoms with van der Waals surface area (Å²) < 4.78 is 39.3. The lowest BCUT2D eigenvalue weighted by molar-refractivity contribution is 0.0377. The van der Waals surface area contributed by atoms with Crippen molar-refractivity contribution in [2.75, 3.05) is 10.0 Å². The van der Waals surface area contributed by atoms with Crippen molar-refractivity contribution < 1.29 is 22.4 Å². The van der Waals surface area contributed by atoms with Crippen LogP contribution in [-0.2, 0) is 21.3 Å². The molecule has 1 aromatic heterocycles. The molecule has 0 fully saturated rings. The number of ether oxygens (including phenoxy) is 1. The Morgan fingerprint density at radius 1 is 1.10 bits per heavy atom. The van der Waals surface area contributed by atoms with Gasteiger partial charge in [0.2, 0.25) is 0 Å². The summed E-state index contributed by atoms with van der Waals surface area (Å²) in [7, 11) is -3.98. The van der Waals surface area contributed by atoms with Crippen molar-refractivity contribution in [3.63, 3.8) is 0 Å². The molecule has 7 nitrogen and oxygen atoms in total. The predicted molar refractivity (Wildman–Crippen MR) is 115 cm³/mol. The molecule has 30 heavy (non-hydrogen) atoms. The van der Waals surface area contributed by atoms with Gasteiger partial charge in [0.1, 0.15) is 10.7 Å². The number of rotatable bonds is 8. The zero-order chi connectivity index (χ0) is 21.7. The minimum Gasteiger partial charge on any atom is -0.467 e. The standard InChI is InChI=1S/C22H24N2O5S/c1-15(2)29-22(25)17-8-11-20(23-14-19-5-4-12-28-19)21(13-17)30(26,27)24-18-9-6-16(3)7-10-18/h4-13,15,23-24H,14H2,1-3H3. The van der Waals surface area contributed by atoms with Gasteiger partial charge in [0, 0.05) is 5.69 Å². The van der Waals surface area contributed by atoms with Crippen LogP contribution in [0.15, 0.2) is 70.2 Å². The van der Waals surface area contributed by atoms with Crippen molar-refractivity contribution in [3.8, 4) is 0 Å². The van der Waals surface area contributed by atoms with E-state index < -0.39 is 16.0 Å². The zero-order valence-electron chi connectivity index (χ0n) is 17.0. The Morgan fingerprint density at radius 2 is 1.83 bits per heavy atom. The van der Waals surface area contributed by atoms with Crippen LogP contribution in [0.1, 0.15) is 35.5 Å². The Balaban J connectivity index is 1.95.